The molecule has 1 fully saturated rings. The van der Waals surface area contributed by atoms with E-state index in [1.165, 1.54) is 0 Å². The molecule has 8 heteroatoms. The number of carbonyl (C=O) groups excluding carboxylic acids is 1. The number of amides is 1. The Morgan fingerprint density at radius 1 is 1.29 bits per heavy atom. The third-order valence-corrected chi connectivity index (χ3v) is 4.63. The number of hydrogen-bond acceptors (Lipinski definition) is 5. The summed E-state index contributed by atoms with van der Waals surface area (Å²) in [5.41, 5.74) is -0.453. The number of likely N-dealkylation sites (N-methyl/N-ethyl adjacent to an activating group) is 1. The lowest BCUT2D eigenvalue weighted by Crippen LogP contribution is -2.47. The SMILES string of the molecule is CN=C(NCCN(C)CCCOC)NCC1CCCN(C(=O)OC(C)(C)C)C1. The van der Waals surface area contributed by atoms with Crippen LogP contribution in [0.1, 0.15) is 40.0 Å². The molecule has 0 aromatic carbocycles. The molecule has 0 aromatic rings. The maximum atomic E-state index is 12.3. The predicted molar refractivity (Wildman–Crippen MR) is 114 cm³/mol. The minimum atomic E-state index is -0.453. The molecule has 1 saturated heterocycles. The summed E-state index contributed by atoms with van der Waals surface area (Å²) in [5, 5.41) is 6.75. The van der Waals surface area contributed by atoms with Crippen LogP contribution in [-0.2, 0) is 9.47 Å². The van der Waals surface area contributed by atoms with Gasteiger partial charge in [-0.3, -0.25) is 4.99 Å². The standard InChI is InChI=1S/C20H41N5O3/c1-20(2,3)28-19(26)25-12-7-9-17(16-25)15-23-18(21-4)22-10-13-24(5)11-8-14-27-6/h17H,7-16H2,1-6H3,(H2,21,22,23). The molecule has 8 nitrogen and oxygen atoms in total. The van der Waals surface area contributed by atoms with E-state index in [1.807, 2.05) is 25.7 Å². The average Bonchev–Trinajstić information content (AvgIpc) is 2.63. The van der Waals surface area contributed by atoms with Crippen LogP contribution in [0.4, 0.5) is 4.79 Å². The summed E-state index contributed by atoms with van der Waals surface area (Å²) in [7, 11) is 5.63. The fourth-order valence-electron chi connectivity index (χ4n) is 3.14. The van der Waals surface area contributed by atoms with Gasteiger partial charge in [0.25, 0.3) is 0 Å². The van der Waals surface area contributed by atoms with Gasteiger partial charge in [0.1, 0.15) is 5.60 Å². The van der Waals surface area contributed by atoms with E-state index >= 15 is 0 Å². The molecule has 1 rings (SSSR count). The van der Waals surface area contributed by atoms with Crippen LogP contribution in [0.15, 0.2) is 4.99 Å². The molecule has 0 aromatic heterocycles. The van der Waals surface area contributed by atoms with Crippen LogP contribution >= 0.6 is 0 Å². The molecule has 0 bridgehead atoms. The Bertz CT molecular complexity index is 479. The maximum Gasteiger partial charge on any atom is 0.410 e. The molecule has 1 amide bonds. The van der Waals surface area contributed by atoms with Crippen molar-refractivity contribution >= 4 is 12.1 Å². The number of rotatable bonds is 9. The van der Waals surface area contributed by atoms with Crippen molar-refractivity contribution in [3.05, 3.63) is 0 Å². The zero-order chi connectivity index (χ0) is 21.0. The highest BCUT2D eigenvalue weighted by atomic mass is 16.6. The zero-order valence-corrected chi connectivity index (χ0v) is 18.7. The van der Waals surface area contributed by atoms with Crippen molar-refractivity contribution in [2.45, 2.75) is 45.6 Å². The van der Waals surface area contributed by atoms with E-state index < -0.39 is 5.60 Å². The highest BCUT2D eigenvalue weighted by Gasteiger charge is 2.27. The number of likely N-dealkylation sites (tertiary alicyclic amines) is 1. The Labute approximate surface area is 171 Å². The highest BCUT2D eigenvalue weighted by Crippen LogP contribution is 2.18. The summed E-state index contributed by atoms with van der Waals surface area (Å²) >= 11 is 0. The van der Waals surface area contributed by atoms with Crippen LogP contribution < -0.4 is 10.6 Å². The Kier molecular flexibility index (Phi) is 11.2. The van der Waals surface area contributed by atoms with Crippen LogP contribution in [0.25, 0.3) is 0 Å². The second-order valence-electron chi connectivity index (χ2n) is 8.46. The van der Waals surface area contributed by atoms with Crippen molar-refractivity contribution in [3.63, 3.8) is 0 Å². The van der Waals surface area contributed by atoms with Crippen LogP contribution in [0.5, 0.6) is 0 Å². The van der Waals surface area contributed by atoms with E-state index in [0.717, 1.165) is 71.1 Å². The van der Waals surface area contributed by atoms with Crippen LogP contribution in [0, 0.1) is 5.92 Å². The van der Waals surface area contributed by atoms with E-state index in [-0.39, 0.29) is 6.09 Å². The quantitative estimate of drug-likeness (QED) is 0.349. The molecule has 0 radical (unpaired) electrons. The van der Waals surface area contributed by atoms with Crippen LogP contribution in [-0.4, -0.2) is 94.5 Å². The highest BCUT2D eigenvalue weighted by molar-refractivity contribution is 5.79. The number of piperidine rings is 1. The fourth-order valence-corrected chi connectivity index (χ4v) is 3.14. The Balaban J connectivity index is 2.30. The van der Waals surface area contributed by atoms with E-state index in [4.69, 9.17) is 9.47 Å². The Hall–Kier alpha value is -1.54. The first-order valence-electron chi connectivity index (χ1n) is 10.3. The maximum absolute atomic E-state index is 12.3. The molecule has 0 saturated carbocycles. The van der Waals surface area contributed by atoms with Gasteiger partial charge in [0.2, 0.25) is 0 Å². The van der Waals surface area contributed by atoms with Crippen molar-refractivity contribution in [1.82, 2.24) is 20.4 Å². The first-order valence-corrected chi connectivity index (χ1v) is 10.3. The average molecular weight is 400 g/mol. The van der Waals surface area contributed by atoms with Gasteiger partial charge in [-0.15, -0.1) is 0 Å². The van der Waals surface area contributed by atoms with E-state index in [9.17, 15) is 4.79 Å². The Morgan fingerprint density at radius 2 is 2.04 bits per heavy atom. The lowest BCUT2D eigenvalue weighted by molar-refractivity contribution is 0.0168. The van der Waals surface area contributed by atoms with Gasteiger partial charge in [0, 0.05) is 60.0 Å². The summed E-state index contributed by atoms with van der Waals surface area (Å²) in [5.74, 6) is 1.20. The van der Waals surface area contributed by atoms with Gasteiger partial charge in [-0.2, -0.15) is 0 Å². The molecule has 164 valence electrons. The van der Waals surface area contributed by atoms with Gasteiger partial charge in [-0.05, 0) is 53.0 Å². The number of methoxy groups -OCH3 is 1. The number of nitrogens with zero attached hydrogens (tertiary/aromatic N) is 3. The number of nitrogens with one attached hydrogen (secondary N) is 2. The van der Waals surface area contributed by atoms with E-state index in [0.29, 0.717) is 5.92 Å². The molecular weight excluding hydrogens is 358 g/mol. The van der Waals surface area contributed by atoms with Gasteiger partial charge in [-0.25, -0.2) is 4.79 Å². The van der Waals surface area contributed by atoms with Gasteiger partial charge in [0.05, 0.1) is 0 Å². The third kappa shape index (κ3) is 10.7. The molecule has 1 aliphatic heterocycles. The third-order valence-electron chi connectivity index (χ3n) is 4.63. The van der Waals surface area contributed by atoms with Crippen LogP contribution in [0.3, 0.4) is 0 Å². The minimum absolute atomic E-state index is 0.212. The van der Waals surface area contributed by atoms with Gasteiger partial charge >= 0.3 is 6.09 Å². The summed E-state index contributed by atoms with van der Waals surface area (Å²) in [6.07, 6.45) is 2.93. The number of hydrogen-bond donors (Lipinski definition) is 2. The molecule has 0 spiro atoms. The largest absolute Gasteiger partial charge is 0.444 e. The predicted octanol–water partition coefficient (Wildman–Crippen LogP) is 1.77. The molecule has 0 aliphatic carbocycles. The molecule has 1 heterocycles. The van der Waals surface area contributed by atoms with E-state index in [2.05, 4.69) is 27.6 Å². The molecule has 1 atom stereocenters. The smallest absolute Gasteiger partial charge is 0.410 e. The molecule has 2 N–H and O–H groups in total. The number of carbonyl (C=O) groups is 1. The first-order chi connectivity index (χ1) is 13.2. The minimum Gasteiger partial charge on any atom is -0.444 e. The molecule has 28 heavy (non-hydrogen) atoms. The van der Waals surface area contributed by atoms with Crippen LogP contribution in [0.2, 0.25) is 0 Å². The number of aliphatic imine (C=N–C) groups is 1. The number of guanidine groups is 1. The molecule has 1 aliphatic rings. The summed E-state index contributed by atoms with van der Waals surface area (Å²) in [4.78, 5) is 20.7. The van der Waals surface area contributed by atoms with Crippen molar-refractivity contribution in [2.75, 3.05) is 67.1 Å². The lowest BCUT2D eigenvalue weighted by atomic mass is 9.98. The summed E-state index contributed by atoms with van der Waals surface area (Å²) < 4.78 is 10.6. The van der Waals surface area contributed by atoms with Gasteiger partial charge < -0.3 is 29.9 Å². The normalized spacial score (nSPS) is 18.3. The van der Waals surface area contributed by atoms with Gasteiger partial charge in [-0.1, -0.05) is 0 Å². The first kappa shape index (κ1) is 24.5. The molecular formula is C20H41N5O3. The summed E-state index contributed by atoms with van der Waals surface area (Å²) in [6, 6.07) is 0. The van der Waals surface area contributed by atoms with Gasteiger partial charge in [0.15, 0.2) is 5.96 Å². The number of ether oxygens (including phenoxy) is 2. The zero-order valence-electron chi connectivity index (χ0n) is 18.7. The topological polar surface area (TPSA) is 78.4 Å². The monoisotopic (exact) mass is 399 g/mol. The molecule has 1 unspecified atom stereocenters. The van der Waals surface area contributed by atoms with Crippen molar-refractivity contribution in [3.8, 4) is 0 Å². The van der Waals surface area contributed by atoms with Crippen molar-refractivity contribution in [1.29, 1.82) is 0 Å². The lowest BCUT2D eigenvalue weighted by Gasteiger charge is -2.34. The second-order valence-corrected chi connectivity index (χ2v) is 8.46. The van der Waals surface area contributed by atoms with Crippen molar-refractivity contribution < 1.29 is 14.3 Å². The fraction of sp³-hybridized carbons (Fsp3) is 0.900. The second kappa shape index (κ2) is 12.8. The van der Waals surface area contributed by atoms with E-state index in [1.54, 1.807) is 14.2 Å². The summed E-state index contributed by atoms with van der Waals surface area (Å²) in [6.45, 7) is 11.6. The van der Waals surface area contributed by atoms with Crippen molar-refractivity contribution in [2.24, 2.45) is 10.9 Å². The Morgan fingerprint density at radius 3 is 2.68 bits per heavy atom.